The molecule has 140 valence electrons. The van der Waals surface area contributed by atoms with Gasteiger partial charge < -0.3 is 9.64 Å². The highest BCUT2D eigenvalue weighted by Crippen LogP contribution is 2.22. The van der Waals surface area contributed by atoms with Gasteiger partial charge in [0.05, 0.1) is 12.3 Å². The third-order valence-corrected chi connectivity index (χ3v) is 5.16. The topological polar surface area (TPSA) is 79.4 Å². The van der Waals surface area contributed by atoms with E-state index in [1.54, 1.807) is 11.8 Å². The summed E-state index contributed by atoms with van der Waals surface area (Å²) >= 11 is 0. The van der Waals surface area contributed by atoms with Crippen molar-refractivity contribution in [1.29, 1.82) is 0 Å². The average molecular weight is 363 g/mol. The van der Waals surface area contributed by atoms with E-state index in [1.165, 1.54) is 0 Å². The van der Waals surface area contributed by atoms with E-state index >= 15 is 0 Å². The maximum Gasteiger partial charge on any atom is 0.412 e. The number of nitrogens with zero attached hydrogens (tertiary/aromatic N) is 3. The molecule has 0 aromatic carbocycles. The lowest BCUT2D eigenvalue weighted by Crippen LogP contribution is -2.49. The van der Waals surface area contributed by atoms with Crippen molar-refractivity contribution in [2.75, 3.05) is 45.5 Å². The lowest BCUT2D eigenvalue weighted by Gasteiger charge is -2.37. The lowest BCUT2D eigenvalue weighted by atomic mass is 10.2. The van der Waals surface area contributed by atoms with Gasteiger partial charge >= 0.3 is 6.09 Å². The Hall–Kier alpha value is -0.900. The molecule has 2 atom stereocenters. The zero-order valence-corrected chi connectivity index (χ0v) is 15.8. The molecular formula is C15H29N3O5S. The molecule has 1 amide bonds. The van der Waals surface area contributed by atoms with Crippen LogP contribution in [0.2, 0.25) is 0 Å². The number of ether oxygens (including phenoxy) is 1. The molecule has 0 spiro atoms. The average Bonchev–Trinajstić information content (AvgIpc) is 2.73. The van der Waals surface area contributed by atoms with Crippen molar-refractivity contribution in [1.82, 2.24) is 14.7 Å². The molecule has 0 bridgehead atoms. The maximum atomic E-state index is 11.9. The highest BCUT2D eigenvalue weighted by molar-refractivity contribution is 7.86. The molecule has 2 saturated heterocycles. The Bertz CT molecular complexity index is 531. The number of rotatable bonds is 7. The maximum absolute atomic E-state index is 11.9. The standard InChI is InChI=1S/C15H29N3O5S/c1-12(2)17-10-8-16(9-11-17)6-5-7-18-13(3)14(22-15(18)19)23-24(4,20)21/h12-14H,5-11H2,1-4H3. The Balaban J connectivity index is 1.73. The van der Waals surface area contributed by atoms with Crippen molar-refractivity contribution in [3.63, 3.8) is 0 Å². The van der Waals surface area contributed by atoms with E-state index in [1.807, 2.05) is 0 Å². The van der Waals surface area contributed by atoms with Crippen molar-refractivity contribution in [3.05, 3.63) is 0 Å². The molecule has 2 aliphatic heterocycles. The molecule has 2 heterocycles. The van der Waals surface area contributed by atoms with Gasteiger partial charge in [-0.05, 0) is 33.7 Å². The van der Waals surface area contributed by atoms with Gasteiger partial charge in [-0.25, -0.2) is 8.98 Å². The predicted octanol–water partition coefficient (Wildman–Crippen LogP) is 0.546. The van der Waals surface area contributed by atoms with Crippen LogP contribution in [-0.4, -0.2) is 93.1 Å². The minimum Gasteiger partial charge on any atom is -0.416 e. The van der Waals surface area contributed by atoms with Crippen LogP contribution in [0.5, 0.6) is 0 Å². The van der Waals surface area contributed by atoms with Gasteiger partial charge in [-0.15, -0.1) is 0 Å². The first-order chi connectivity index (χ1) is 11.2. The highest BCUT2D eigenvalue weighted by atomic mass is 32.2. The summed E-state index contributed by atoms with van der Waals surface area (Å²) in [6.45, 7) is 11.8. The molecule has 0 N–H and O–H groups in total. The minimum atomic E-state index is -3.65. The summed E-state index contributed by atoms with van der Waals surface area (Å²) in [4.78, 5) is 18.3. The number of hydrogen-bond donors (Lipinski definition) is 0. The summed E-state index contributed by atoms with van der Waals surface area (Å²) in [5, 5.41) is 0. The van der Waals surface area contributed by atoms with E-state index in [9.17, 15) is 13.2 Å². The van der Waals surface area contributed by atoms with Crippen LogP contribution in [0, 0.1) is 0 Å². The fraction of sp³-hybridized carbons (Fsp3) is 0.933. The Morgan fingerprint density at radius 1 is 1.21 bits per heavy atom. The van der Waals surface area contributed by atoms with Gasteiger partial charge in [-0.2, -0.15) is 8.42 Å². The van der Waals surface area contributed by atoms with Crippen LogP contribution < -0.4 is 0 Å². The summed E-state index contributed by atoms with van der Waals surface area (Å²) in [6.07, 6.45) is 0.211. The molecule has 2 aliphatic rings. The number of amides is 1. The molecule has 9 heteroatoms. The van der Waals surface area contributed by atoms with Crippen molar-refractivity contribution < 1.29 is 22.1 Å². The zero-order valence-electron chi connectivity index (χ0n) is 15.0. The zero-order chi connectivity index (χ0) is 17.9. The molecule has 2 rings (SSSR count). The summed E-state index contributed by atoms with van der Waals surface area (Å²) in [6, 6.07) is 0.171. The summed E-state index contributed by atoms with van der Waals surface area (Å²) in [5.74, 6) is 0. The summed E-state index contributed by atoms with van der Waals surface area (Å²) < 4.78 is 32.2. The van der Waals surface area contributed by atoms with Crippen LogP contribution in [0.15, 0.2) is 0 Å². The van der Waals surface area contributed by atoms with Gasteiger partial charge in [-0.1, -0.05) is 0 Å². The molecule has 2 unspecified atom stereocenters. The van der Waals surface area contributed by atoms with Crippen LogP contribution in [0.4, 0.5) is 4.79 Å². The van der Waals surface area contributed by atoms with Crippen molar-refractivity contribution in [2.45, 2.75) is 45.6 Å². The van der Waals surface area contributed by atoms with Gasteiger partial charge in [-0.3, -0.25) is 9.80 Å². The van der Waals surface area contributed by atoms with Crippen LogP contribution in [-0.2, 0) is 19.0 Å². The monoisotopic (exact) mass is 363 g/mol. The van der Waals surface area contributed by atoms with Crippen molar-refractivity contribution >= 4 is 16.2 Å². The first-order valence-electron chi connectivity index (χ1n) is 8.49. The molecule has 0 aromatic rings. The fourth-order valence-corrected chi connectivity index (χ4v) is 3.66. The number of carbonyl (C=O) groups is 1. The van der Waals surface area contributed by atoms with E-state index in [2.05, 4.69) is 23.6 Å². The molecule has 2 fully saturated rings. The number of cyclic esters (lactones) is 1. The third-order valence-electron chi connectivity index (χ3n) is 4.62. The summed E-state index contributed by atoms with van der Waals surface area (Å²) in [5.41, 5.74) is 0. The Morgan fingerprint density at radius 2 is 1.83 bits per heavy atom. The first-order valence-corrected chi connectivity index (χ1v) is 10.3. The first kappa shape index (κ1) is 19.4. The Kier molecular flexibility index (Phi) is 6.46. The fourth-order valence-electron chi connectivity index (χ4n) is 3.11. The lowest BCUT2D eigenvalue weighted by molar-refractivity contribution is -0.00747. The molecule has 0 radical (unpaired) electrons. The quantitative estimate of drug-likeness (QED) is 0.611. The van der Waals surface area contributed by atoms with E-state index in [0.717, 1.165) is 45.4 Å². The van der Waals surface area contributed by atoms with Crippen molar-refractivity contribution in [2.24, 2.45) is 0 Å². The molecule has 8 nitrogen and oxygen atoms in total. The molecule has 0 aromatic heterocycles. The number of piperazine rings is 1. The van der Waals surface area contributed by atoms with E-state index in [0.29, 0.717) is 12.6 Å². The van der Waals surface area contributed by atoms with E-state index in [-0.39, 0.29) is 0 Å². The van der Waals surface area contributed by atoms with Gasteiger partial charge in [0.15, 0.2) is 0 Å². The van der Waals surface area contributed by atoms with Crippen LogP contribution in [0.25, 0.3) is 0 Å². The second kappa shape index (κ2) is 7.99. The smallest absolute Gasteiger partial charge is 0.412 e. The molecule has 0 aliphatic carbocycles. The van der Waals surface area contributed by atoms with Crippen LogP contribution >= 0.6 is 0 Å². The van der Waals surface area contributed by atoms with Gasteiger partial charge in [0, 0.05) is 38.8 Å². The predicted molar refractivity (Wildman–Crippen MR) is 90.1 cm³/mol. The SMILES string of the molecule is CC(C)N1CCN(CCCN2C(=O)OC(OS(C)(=O)=O)C2C)CC1. The summed E-state index contributed by atoms with van der Waals surface area (Å²) in [7, 11) is -3.65. The van der Waals surface area contributed by atoms with Gasteiger partial charge in [0.25, 0.3) is 10.1 Å². The van der Waals surface area contributed by atoms with E-state index in [4.69, 9.17) is 8.92 Å². The molecule has 24 heavy (non-hydrogen) atoms. The van der Waals surface area contributed by atoms with Gasteiger partial charge in [0.2, 0.25) is 6.29 Å². The Morgan fingerprint density at radius 3 is 2.38 bits per heavy atom. The van der Waals surface area contributed by atoms with Crippen LogP contribution in [0.1, 0.15) is 27.2 Å². The Labute approximate surface area is 144 Å². The van der Waals surface area contributed by atoms with Crippen molar-refractivity contribution in [3.8, 4) is 0 Å². The second-order valence-electron chi connectivity index (χ2n) is 6.81. The number of hydrogen-bond acceptors (Lipinski definition) is 7. The van der Waals surface area contributed by atoms with E-state index < -0.39 is 28.5 Å². The van der Waals surface area contributed by atoms with Gasteiger partial charge in [0.1, 0.15) is 0 Å². The molecule has 0 saturated carbocycles. The third kappa shape index (κ3) is 5.30. The second-order valence-corrected chi connectivity index (χ2v) is 8.41. The number of carbonyl (C=O) groups excluding carboxylic acids is 1. The molecular weight excluding hydrogens is 334 g/mol. The largest absolute Gasteiger partial charge is 0.416 e. The van der Waals surface area contributed by atoms with Crippen LogP contribution in [0.3, 0.4) is 0 Å². The highest BCUT2D eigenvalue weighted by Gasteiger charge is 2.41. The normalized spacial score (nSPS) is 27.0. The minimum absolute atomic E-state index is 0.412.